The quantitative estimate of drug-likeness (QED) is 0.210. The van der Waals surface area contributed by atoms with Gasteiger partial charge in [0.2, 0.25) is 11.8 Å². The number of nitrogens with zero attached hydrogens (tertiary/aromatic N) is 1. The van der Waals surface area contributed by atoms with Gasteiger partial charge in [0, 0.05) is 0 Å². The molecule has 0 radical (unpaired) electrons. The first-order valence-electron chi connectivity index (χ1n) is 4.48. The largest absolute Gasteiger partial charge is 0.457 e. The van der Waals surface area contributed by atoms with Gasteiger partial charge in [-0.05, 0) is 0 Å². The molecule has 9 heteroatoms. The van der Waals surface area contributed by atoms with Gasteiger partial charge in [-0.1, -0.05) is 17.8 Å². The number of alkyl halides is 2. The lowest BCUT2D eigenvalue weighted by atomic mass is 10.0. The maximum atomic E-state index is 13.2. The molecule has 0 aromatic rings. The maximum Gasteiger partial charge on any atom is 0.380 e. The standard InChI is InChI=1S/C9H9F2NO6/c1-2-3-18-8(16)9(10,11)7(15)6(14)5(4-13)12-17/h2,4-5,7,15H,1,3H2. The Labute approximate surface area is 99.4 Å². The number of hydrogen-bond acceptors (Lipinski definition) is 7. The fourth-order valence-corrected chi connectivity index (χ4v) is 0.827. The fourth-order valence-electron chi connectivity index (χ4n) is 0.827. The van der Waals surface area contributed by atoms with E-state index in [1.165, 1.54) is 0 Å². The molecule has 0 aromatic heterocycles. The summed E-state index contributed by atoms with van der Waals surface area (Å²) in [6.07, 6.45) is -2.53. The number of halogens is 2. The number of Topliss-reactive ketones (excluding diaryl/α,β-unsaturated/α-hetero) is 1. The number of esters is 1. The van der Waals surface area contributed by atoms with Crippen LogP contribution >= 0.6 is 0 Å². The number of rotatable bonds is 8. The average molecular weight is 265 g/mol. The third-order valence-corrected chi connectivity index (χ3v) is 1.75. The first-order valence-corrected chi connectivity index (χ1v) is 4.48. The number of ketones is 1. The lowest BCUT2D eigenvalue weighted by molar-refractivity contribution is -0.189. The Morgan fingerprint density at radius 2 is 2.06 bits per heavy atom. The number of carbonyl (C=O) groups is 3. The minimum Gasteiger partial charge on any atom is -0.457 e. The predicted molar refractivity (Wildman–Crippen MR) is 52.8 cm³/mol. The number of aldehydes is 1. The maximum absolute atomic E-state index is 13.2. The van der Waals surface area contributed by atoms with E-state index in [0.717, 1.165) is 6.08 Å². The van der Waals surface area contributed by atoms with Crippen LogP contribution in [0.3, 0.4) is 0 Å². The highest BCUT2D eigenvalue weighted by atomic mass is 19.3. The molecule has 2 unspecified atom stereocenters. The topological polar surface area (TPSA) is 110 Å². The molecule has 0 saturated carbocycles. The number of carbonyl (C=O) groups excluding carboxylic acids is 3. The van der Waals surface area contributed by atoms with Crippen molar-refractivity contribution in [3.05, 3.63) is 17.6 Å². The summed E-state index contributed by atoms with van der Waals surface area (Å²) in [4.78, 5) is 42.0. The summed E-state index contributed by atoms with van der Waals surface area (Å²) in [7, 11) is 0. The summed E-state index contributed by atoms with van der Waals surface area (Å²) in [6.45, 7) is 2.54. The van der Waals surface area contributed by atoms with Crippen LogP contribution in [0, 0.1) is 4.91 Å². The molecular weight excluding hydrogens is 256 g/mol. The van der Waals surface area contributed by atoms with Crippen molar-refractivity contribution in [2.24, 2.45) is 5.18 Å². The van der Waals surface area contributed by atoms with Gasteiger partial charge >= 0.3 is 11.9 Å². The Morgan fingerprint density at radius 1 is 1.50 bits per heavy atom. The zero-order valence-corrected chi connectivity index (χ0v) is 8.92. The highest BCUT2D eigenvalue weighted by Crippen LogP contribution is 2.22. The van der Waals surface area contributed by atoms with E-state index in [4.69, 9.17) is 5.11 Å². The van der Waals surface area contributed by atoms with E-state index >= 15 is 0 Å². The van der Waals surface area contributed by atoms with Gasteiger partial charge in [0.25, 0.3) is 0 Å². The van der Waals surface area contributed by atoms with Crippen LogP contribution in [-0.2, 0) is 19.1 Å². The van der Waals surface area contributed by atoms with Crippen LogP contribution in [0.4, 0.5) is 8.78 Å². The summed E-state index contributed by atoms with van der Waals surface area (Å²) < 4.78 is 30.3. The molecule has 0 saturated heterocycles. The normalized spacial score (nSPS) is 14.2. The Bertz CT molecular complexity index is 362. The van der Waals surface area contributed by atoms with Crippen LogP contribution in [0.5, 0.6) is 0 Å². The molecule has 0 aliphatic rings. The molecule has 0 spiro atoms. The van der Waals surface area contributed by atoms with E-state index in [0.29, 0.717) is 0 Å². The lowest BCUT2D eigenvalue weighted by Gasteiger charge is -2.19. The monoisotopic (exact) mass is 265 g/mol. The van der Waals surface area contributed by atoms with E-state index in [1.807, 2.05) is 5.18 Å². The van der Waals surface area contributed by atoms with E-state index < -0.39 is 36.4 Å². The third kappa shape index (κ3) is 3.48. The Hall–Kier alpha value is -2.03. The molecule has 100 valence electrons. The number of hydrogen-bond donors (Lipinski definition) is 1. The van der Waals surface area contributed by atoms with E-state index in [-0.39, 0.29) is 6.29 Å². The first kappa shape index (κ1) is 16.0. The van der Waals surface area contributed by atoms with E-state index in [9.17, 15) is 28.1 Å². The van der Waals surface area contributed by atoms with Crippen molar-refractivity contribution in [3.63, 3.8) is 0 Å². The second-order valence-electron chi connectivity index (χ2n) is 3.00. The van der Waals surface area contributed by atoms with E-state index in [1.54, 1.807) is 0 Å². The average Bonchev–Trinajstić information content (AvgIpc) is 2.35. The fraction of sp³-hybridized carbons (Fsp3) is 0.444. The SMILES string of the molecule is C=CCOC(=O)C(F)(F)C(O)C(=O)C(C=O)N=O. The Balaban J connectivity index is 4.93. The van der Waals surface area contributed by atoms with Crippen molar-refractivity contribution in [2.75, 3.05) is 6.61 Å². The number of nitroso groups, excluding NO2 is 1. The number of ether oxygens (including phenoxy) is 1. The Kier molecular flexibility index (Phi) is 5.89. The second-order valence-corrected chi connectivity index (χ2v) is 3.00. The molecule has 0 rings (SSSR count). The van der Waals surface area contributed by atoms with Crippen LogP contribution in [-0.4, -0.2) is 47.8 Å². The van der Waals surface area contributed by atoms with Gasteiger partial charge in [-0.2, -0.15) is 8.78 Å². The molecule has 7 nitrogen and oxygen atoms in total. The second kappa shape index (κ2) is 6.64. The highest BCUT2D eigenvalue weighted by Gasteiger charge is 2.53. The molecule has 0 heterocycles. The van der Waals surface area contributed by atoms with Crippen LogP contribution < -0.4 is 0 Å². The molecule has 0 amide bonds. The summed E-state index contributed by atoms with van der Waals surface area (Å²) >= 11 is 0. The number of aliphatic hydroxyl groups is 1. The van der Waals surface area contributed by atoms with Gasteiger partial charge in [-0.15, -0.1) is 4.91 Å². The predicted octanol–water partition coefficient (Wildman–Crippen LogP) is -0.385. The zero-order chi connectivity index (χ0) is 14.3. The Morgan fingerprint density at radius 3 is 2.44 bits per heavy atom. The minimum atomic E-state index is -4.59. The van der Waals surface area contributed by atoms with Gasteiger partial charge in [-0.25, -0.2) is 4.79 Å². The van der Waals surface area contributed by atoms with Crippen LogP contribution in [0.2, 0.25) is 0 Å². The van der Waals surface area contributed by atoms with Crippen molar-refractivity contribution in [1.82, 2.24) is 0 Å². The highest BCUT2D eigenvalue weighted by molar-refractivity contribution is 6.03. The van der Waals surface area contributed by atoms with Crippen molar-refractivity contribution >= 4 is 18.0 Å². The molecule has 18 heavy (non-hydrogen) atoms. The van der Waals surface area contributed by atoms with Crippen molar-refractivity contribution in [1.29, 1.82) is 0 Å². The molecule has 0 fully saturated rings. The zero-order valence-electron chi connectivity index (χ0n) is 8.92. The first-order chi connectivity index (χ1) is 8.32. The molecule has 1 N–H and O–H groups in total. The summed E-state index contributed by atoms with van der Waals surface area (Å²) in [6, 6.07) is -2.31. The molecule has 0 aromatic carbocycles. The minimum absolute atomic E-state index is 0.330. The molecular formula is C9H9F2NO6. The summed E-state index contributed by atoms with van der Waals surface area (Å²) in [5.41, 5.74) is 0. The molecule has 0 aliphatic carbocycles. The number of aliphatic hydroxyl groups excluding tert-OH is 1. The lowest BCUT2D eigenvalue weighted by Crippen LogP contribution is -2.50. The molecule has 2 atom stereocenters. The third-order valence-electron chi connectivity index (χ3n) is 1.75. The van der Waals surface area contributed by atoms with Crippen LogP contribution in [0.15, 0.2) is 17.8 Å². The summed E-state index contributed by atoms with van der Waals surface area (Å²) in [5, 5.41) is 10.9. The molecule has 0 bridgehead atoms. The van der Waals surface area contributed by atoms with Crippen LogP contribution in [0.1, 0.15) is 0 Å². The van der Waals surface area contributed by atoms with Gasteiger partial charge in [-0.3, -0.25) is 4.79 Å². The van der Waals surface area contributed by atoms with Gasteiger partial charge in [0.05, 0.1) is 0 Å². The van der Waals surface area contributed by atoms with Gasteiger partial charge in [0.15, 0.2) is 12.4 Å². The van der Waals surface area contributed by atoms with E-state index in [2.05, 4.69) is 11.3 Å². The molecule has 0 aliphatic heterocycles. The van der Waals surface area contributed by atoms with Crippen LogP contribution in [0.25, 0.3) is 0 Å². The smallest absolute Gasteiger partial charge is 0.380 e. The van der Waals surface area contributed by atoms with Gasteiger partial charge < -0.3 is 14.6 Å². The van der Waals surface area contributed by atoms with Gasteiger partial charge in [0.1, 0.15) is 6.61 Å². The summed E-state index contributed by atoms with van der Waals surface area (Å²) in [5.74, 6) is -8.66. The van der Waals surface area contributed by atoms with Crippen molar-refractivity contribution < 1.29 is 33.0 Å². The van der Waals surface area contributed by atoms with Crippen molar-refractivity contribution in [2.45, 2.75) is 18.1 Å². The van der Waals surface area contributed by atoms with Crippen molar-refractivity contribution in [3.8, 4) is 0 Å².